The number of sulfonamides is 1. The summed E-state index contributed by atoms with van der Waals surface area (Å²) in [5, 5.41) is 4.97. The first-order valence-corrected chi connectivity index (χ1v) is 6.58. The summed E-state index contributed by atoms with van der Waals surface area (Å²) in [6.45, 7) is 0. The molecule has 1 aromatic rings. The van der Waals surface area contributed by atoms with Crippen molar-refractivity contribution in [2.24, 2.45) is 5.14 Å². The molecule has 1 fully saturated rings. The van der Waals surface area contributed by atoms with Gasteiger partial charge < -0.3 is 0 Å². The molecule has 0 spiro atoms. The molecule has 0 bridgehead atoms. The van der Waals surface area contributed by atoms with Crippen LogP contribution in [0.2, 0.25) is 0 Å². The van der Waals surface area contributed by atoms with Crippen LogP contribution in [0.1, 0.15) is 29.3 Å². The number of hydrogen-bond donors (Lipinski definition) is 1. The zero-order valence-electron chi connectivity index (χ0n) is 6.93. The second-order valence-corrected chi connectivity index (χ2v) is 5.80. The van der Waals surface area contributed by atoms with E-state index in [0.717, 1.165) is 23.4 Å². The lowest BCUT2D eigenvalue weighted by atomic mass is 10.3. The quantitative estimate of drug-likeness (QED) is 0.816. The van der Waals surface area contributed by atoms with Crippen LogP contribution < -0.4 is 5.14 Å². The van der Waals surface area contributed by atoms with Crippen LogP contribution in [0.25, 0.3) is 0 Å². The van der Waals surface area contributed by atoms with E-state index in [1.54, 1.807) is 5.51 Å². The van der Waals surface area contributed by atoms with Crippen LogP contribution in [-0.4, -0.2) is 13.4 Å². The smallest absolute Gasteiger partial charge is 0.214 e. The highest BCUT2D eigenvalue weighted by Gasteiger charge is 2.29. The lowest BCUT2D eigenvalue weighted by Crippen LogP contribution is -2.14. The Kier molecular flexibility index (Phi) is 2.13. The van der Waals surface area contributed by atoms with Crippen LogP contribution in [0, 0.1) is 0 Å². The molecule has 1 saturated carbocycles. The van der Waals surface area contributed by atoms with Crippen LogP contribution in [0.3, 0.4) is 0 Å². The van der Waals surface area contributed by atoms with Gasteiger partial charge in [0.25, 0.3) is 0 Å². The lowest BCUT2D eigenvalue weighted by Gasteiger charge is -1.97. The fourth-order valence-electron chi connectivity index (χ4n) is 1.26. The van der Waals surface area contributed by atoms with E-state index in [2.05, 4.69) is 4.98 Å². The van der Waals surface area contributed by atoms with Gasteiger partial charge in [-0.25, -0.2) is 18.5 Å². The molecule has 1 heterocycles. The van der Waals surface area contributed by atoms with Gasteiger partial charge in [0.2, 0.25) is 10.0 Å². The highest BCUT2D eigenvalue weighted by Crippen LogP contribution is 2.42. The van der Waals surface area contributed by atoms with E-state index in [1.165, 1.54) is 11.3 Å². The third-order valence-corrected chi connectivity index (χ3v) is 3.69. The van der Waals surface area contributed by atoms with Crippen LogP contribution in [-0.2, 0) is 15.8 Å². The van der Waals surface area contributed by atoms with Crippen molar-refractivity contribution in [2.75, 3.05) is 0 Å². The van der Waals surface area contributed by atoms with E-state index >= 15 is 0 Å². The van der Waals surface area contributed by atoms with Crippen LogP contribution >= 0.6 is 11.3 Å². The van der Waals surface area contributed by atoms with Gasteiger partial charge in [0.15, 0.2) is 0 Å². The SMILES string of the molecule is NS(=O)(=O)Cc1scnc1C1CC1. The number of rotatable bonds is 3. The minimum Gasteiger partial charge on any atom is -0.249 e. The first kappa shape index (κ1) is 9.11. The van der Waals surface area contributed by atoms with E-state index in [4.69, 9.17) is 5.14 Å². The minimum atomic E-state index is -3.40. The van der Waals surface area contributed by atoms with Crippen LogP contribution in [0.15, 0.2) is 5.51 Å². The van der Waals surface area contributed by atoms with Gasteiger partial charge in [-0.3, -0.25) is 0 Å². The predicted molar refractivity (Wildman–Crippen MR) is 50.9 cm³/mol. The van der Waals surface area contributed by atoms with E-state index in [-0.39, 0.29) is 5.75 Å². The topological polar surface area (TPSA) is 73.1 Å². The Morgan fingerprint density at radius 2 is 2.31 bits per heavy atom. The van der Waals surface area contributed by atoms with Crippen molar-refractivity contribution in [2.45, 2.75) is 24.5 Å². The molecule has 0 saturated heterocycles. The number of nitrogens with two attached hydrogens (primary N) is 1. The molecule has 2 N–H and O–H groups in total. The molecule has 13 heavy (non-hydrogen) atoms. The summed E-state index contributed by atoms with van der Waals surface area (Å²) in [4.78, 5) is 4.97. The predicted octanol–water partition coefficient (Wildman–Crippen LogP) is 0.809. The Morgan fingerprint density at radius 1 is 1.62 bits per heavy atom. The second-order valence-electron chi connectivity index (χ2n) is 3.24. The van der Waals surface area contributed by atoms with Crippen molar-refractivity contribution in [3.8, 4) is 0 Å². The maximum atomic E-state index is 10.9. The molecular formula is C7H10N2O2S2. The summed E-state index contributed by atoms with van der Waals surface area (Å²) >= 11 is 1.37. The largest absolute Gasteiger partial charge is 0.249 e. The summed E-state index contributed by atoms with van der Waals surface area (Å²) in [6.07, 6.45) is 2.25. The zero-order chi connectivity index (χ0) is 9.47. The monoisotopic (exact) mass is 218 g/mol. The molecule has 1 aliphatic rings. The maximum Gasteiger partial charge on any atom is 0.214 e. The Hall–Kier alpha value is -0.460. The van der Waals surface area contributed by atoms with Crippen molar-refractivity contribution >= 4 is 21.4 Å². The van der Waals surface area contributed by atoms with Crippen LogP contribution in [0.5, 0.6) is 0 Å². The molecule has 72 valence electrons. The molecule has 4 nitrogen and oxygen atoms in total. The zero-order valence-corrected chi connectivity index (χ0v) is 8.57. The van der Waals surface area contributed by atoms with Gasteiger partial charge in [0, 0.05) is 10.8 Å². The Morgan fingerprint density at radius 3 is 2.85 bits per heavy atom. The molecule has 0 aliphatic heterocycles. The molecule has 0 aromatic carbocycles. The van der Waals surface area contributed by atoms with Crippen molar-refractivity contribution in [3.05, 3.63) is 16.1 Å². The Balaban J connectivity index is 2.24. The van der Waals surface area contributed by atoms with Gasteiger partial charge in [-0.15, -0.1) is 11.3 Å². The number of thiazole rings is 1. The normalized spacial score (nSPS) is 17.6. The number of hydrogen-bond acceptors (Lipinski definition) is 4. The van der Waals surface area contributed by atoms with Gasteiger partial charge in [-0.2, -0.15) is 0 Å². The minimum absolute atomic E-state index is 0.0660. The number of aromatic nitrogens is 1. The van der Waals surface area contributed by atoms with E-state index in [0.29, 0.717) is 5.92 Å². The number of primary sulfonamides is 1. The van der Waals surface area contributed by atoms with Crippen molar-refractivity contribution in [1.82, 2.24) is 4.98 Å². The first-order valence-electron chi connectivity index (χ1n) is 3.99. The van der Waals surface area contributed by atoms with Gasteiger partial charge >= 0.3 is 0 Å². The lowest BCUT2D eigenvalue weighted by molar-refractivity contribution is 0.597. The van der Waals surface area contributed by atoms with Crippen molar-refractivity contribution in [3.63, 3.8) is 0 Å². The molecule has 6 heteroatoms. The second kappa shape index (κ2) is 3.04. The van der Waals surface area contributed by atoms with E-state index < -0.39 is 10.0 Å². The molecule has 0 atom stereocenters. The average Bonchev–Trinajstić information content (AvgIpc) is 2.72. The fraction of sp³-hybridized carbons (Fsp3) is 0.571. The van der Waals surface area contributed by atoms with E-state index in [9.17, 15) is 8.42 Å². The highest BCUT2D eigenvalue weighted by atomic mass is 32.2. The van der Waals surface area contributed by atoms with Crippen molar-refractivity contribution in [1.29, 1.82) is 0 Å². The summed E-state index contributed by atoms with van der Waals surface area (Å²) in [5.74, 6) is 0.423. The Bertz CT molecular complexity index is 406. The molecule has 1 aromatic heterocycles. The average molecular weight is 218 g/mol. The maximum absolute atomic E-state index is 10.9. The Labute approximate surface area is 80.8 Å². The molecular weight excluding hydrogens is 208 g/mol. The van der Waals surface area contributed by atoms with Crippen LogP contribution in [0.4, 0.5) is 0 Å². The molecule has 2 rings (SSSR count). The van der Waals surface area contributed by atoms with Gasteiger partial charge in [0.1, 0.15) is 5.75 Å². The van der Waals surface area contributed by atoms with Gasteiger partial charge in [-0.05, 0) is 12.8 Å². The molecule has 0 unspecified atom stereocenters. The fourth-order valence-corrected chi connectivity index (χ4v) is 3.17. The molecule has 0 amide bonds. The summed E-state index contributed by atoms with van der Waals surface area (Å²) in [6, 6.07) is 0. The standard InChI is InChI=1S/C7H10N2O2S2/c8-13(10,11)3-6-7(5-1-2-5)9-4-12-6/h4-5H,1-3H2,(H2,8,10,11). The third-order valence-electron chi connectivity index (χ3n) is 1.97. The molecule has 0 radical (unpaired) electrons. The van der Waals surface area contributed by atoms with E-state index in [1.807, 2.05) is 0 Å². The van der Waals surface area contributed by atoms with Gasteiger partial charge in [-0.1, -0.05) is 0 Å². The summed E-state index contributed by atoms with van der Waals surface area (Å²) in [5.41, 5.74) is 2.63. The van der Waals surface area contributed by atoms with Gasteiger partial charge in [0.05, 0.1) is 11.2 Å². The van der Waals surface area contributed by atoms with Crippen molar-refractivity contribution < 1.29 is 8.42 Å². The highest BCUT2D eigenvalue weighted by molar-refractivity contribution is 7.88. The first-order chi connectivity index (χ1) is 6.06. The third kappa shape index (κ3) is 2.26. The summed E-state index contributed by atoms with van der Waals surface area (Å²) < 4.78 is 21.7. The molecule has 1 aliphatic carbocycles. The number of nitrogens with zero attached hydrogens (tertiary/aromatic N) is 1. The summed E-state index contributed by atoms with van der Waals surface area (Å²) in [7, 11) is -3.40.